The third-order valence-electron chi connectivity index (χ3n) is 7.22. The van der Waals surface area contributed by atoms with Gasteiger partial charge in [0.2, 0.25) is 0 Å². The Hall–Kier alpha value is -4.08. The predicted molar refractivity (Wildman–Crippen MR) is 158 cm³/mol. The largest absolute Gasteiger partial charge is 0.453 e. The van der Waals surface area contributed by atoms with Crippen molar-refractivity contribution >= 4 is 49.2 Å². The molecule has 37 heavy (non-hydrogen) atoms. The van der Waals surface area contributed by atoms with Gasteiger partial charge in [0.05, 0.1) is 10.2 Å². The van der Waals surface area contributed by atoms with E-state index in [4.69, 9.17) is 4.42 Å². The van der Waals surface area contributed by atoms with Gasteiger partial charge in [-0.05, 0) is 81.4 Å². The lowest BCUT2D eigenvalue weighted by molar-refractivity contribution is 0.666. The first-order chi connectivity index (χ1) is 18.3. The maximum Gasteiger partial charge on any atom is 0.159 e. The second kappa shape index (κ2) is 9.10. The fraction of sp³-hybridized carbons (Fsp3) is 0.0588. The van der Waals surface area contributed by atoms with Gasteiger partial charge < -0.3 is 9.32 Å². The van der Waals surface area contributed by atoms with Crippen LogP contribution in [0.5, 0.6) is 0 Å². The van der Waals surface area contributed by atoms with Gasteiger partial charge in [-0.2, -0.15) is 0 Å². The van der Waals surface area contributed by atoms with Crippen LogP contribution in [-0.2, 0) is 0 Å². The molecule has 1 aromatic heterocycles. The molecule has 0 bridgehead atoms. The lowest BCUT2D eigenvalue weighted by Gasteiger charge is -2.26. The number of fused-ring (bicyclic) bond motifs is 3. The summed E-state index contributed by atoms with van der Waals surface area (Å²) in [6.45, 7) is 0. The average molecular weight is 542 g/mol. The number of rotatable bonds is 5. The van der Waals surface area contributed by atoms with Crippen molar-refractivity contribution in [3.8, 4) is 11.1 Å². The highest BCUT2D eigenvalue weighted by atomic mass is 79.9. The summed E-state index contributed by atoms with van der Waals surface area (Å²) in [5, 5.41) is 2.23. The number of nitrogens with zero attached hydrogens (tertiary/aromatic N) is 1. The molecule has 0 saturated carbocycles. The monoisotopic (exact) mass is 541 g/mol. The van der Waals surface area contributed by atoms with E-state index in [0.29, 0.717) is 0 Å². The van der Waals surface area contributed by atoms with Crippen LogP contribution in [0, 0.1) is 0 Å². The van der Waals surface area contributed by atoms with Crippen LogP contribution < -0.4 is 4.90 Å². The zero-order valence-electron chi connectivity index (χ0n) is 20.2. The van der Waals surface area contributed by atoms with Crippen molar-refractivity contribution in [2.75, 3.05) is 4.90 Å². The first kappa shape index (κ1) is 22.1. The van der Waals surface area contributed by atoms with Crippen molar-refractivity contribution in [2.45, 2.75) is 12.8 Å². The van der Waals surface area contributed by atoms with Crippen LogP contribution in [0.15, 0.2) is 147 Å². The summed E-state index contributed by atoms with van der Waals surface area (Å²) in [7, 11) is 0. The predicted octanol–water partition coefficient (Wildman–Crippen LogP) is 10.3. The van der Waals surface area contributed by atoms with Crippen LogP contribution in [0.1, 0.15) is 12.8 Å². The highest BCUT2D eigenvalue weighted by Gasteiger charge is 2.23. The SMILES string of the molecule is Brc1cccc2c1oc1c(N(C3=CCC(C4=CC=CC4)=C3)c3ccc(-c4ccccc4)cc3)cccc12. The summed E-state index contributed by atoms with van der Waals surface area (Å²) in [6.07, 6.45) is 13.2. The van der Waals surface area contributed by atoms with Gasteiger partial charge in [-0.1, -0.05) is 91.0 Å². The van der Waals surface area contributed by atoms with Crippen LogP contribution in [0.3, 0.4) is 0 Å². The summed E-state index contributed by atoms with van der Waals surface area (Å²) in [5.74, 6) is 0. The Kier molecular flexibility index (Phi) is 5.44. The van der Waals surface area contributed by atoms with Crippen LogP contribution in [0.2, 0.25) is 0 Å². The summed E-state index contributed by atoms with van der Waals surface area (Å²) < 4.78 is 7.50. The molecule has 2 aliphatic carbocycles. The van der Waals surface area contributed by atoms with E-state index in [2.05, 4.69) is 136 Å². The second-order valence-corrected chi connectivity index (χ2v) is 10.3. The average Bonchev–Trinajstić information content (AvgIpc) is 3.71. The highest BCUT2D eigenvalue weighted by molar-refractivity contribution is 9.10. The number of hydrogen-bond acceptors (Lipinski definition) is 2. The molecule has 0 spiro atoms. The molecule has 0 amide bonds. The molecule has 5 aromatic rings. The first-order valence-electron chi connectivity index (χ1n) is 12.6. The molecular formula is C34H24BrNO. The molecule has 0 saturated heterocycles. The smallest absolute Gasteiger partial charge is 0.159 e. The van der Waals surface area contributed by atoms with Crippen LogP contribution in [0.25, 0.3) is 33.1 Å². The van der Waals surface area contributed by atoms with Gasteiger partial charge in [0.25, 0.3) is 0 Å². The molecule has 0 aliphatic heterocycles. The topological polar surface area (TPSA) is 16.4 Å². The van der Waals surface area contributed by atoms with E-state index in [9.17, 15) is 0 Å². The lowest BCUT2D eigenvalue weighted by Crippen LogP contribution is -2.14. The van der Waals surface area contributed by atoms with E-state index in [0.717, 1.165) is 50.6 Å². The molecule has 178 valence electrons. The summed E-state index contributed by atoms with van der Waals surface area (Å²) in [4.78, 5) is 2.34. The maximum atomic E-state index is 6.54. The van der Waals surface area contributed by atoms with E-state index in [1.807, 2.05) is 6.07 Å². The van der Waals surface area contributed by atoms with E-state index in [-0.39, 0.29) is 0 Å². The van der Waals surface area contributed by atoms with Gasteiger partial charge in [-0.3, -0.25) is 0 Å². The van der Waals surface area contributed by atoms with Crippen molar-refractivity contribution in [2.24, 2.45) is 0 Å². The van der Waals surface area contributed by atoms with Crippen LogP contribution in [0.4, 0.5) is 11.4 Å². The number of furan rings is 1. The molecule has 0 fully saturated rings. The molecular weight excluding hydrogens is 518 g/mol. The number of anilines is 2. The third kappa shape index (κ3) is 3.87. The van der Waals surface area contributed by atoms with E-state index >= 15 is 0 Å². The minimum Gasteiger partial charge on any atom is -0.453 e. The quantitative estimate of drug-likeness (QED) is 0.220. The zero-order valence-corrected chi connectivity index (χ0v) is 21.8. The molecule has 7 rings (SSSR count). The summed E-state index contributed by atoms with van der Waals surface area (Å²) in [6, 6.07) is 32.0. The van der Waals surface area contributed by atoms with Crippen molar-refractivity contribution in [1.82, 2.24) is 0 Å². The van der Waals surface area contributed by atoms with E-state index in [1.165, 1.54) is 28.0 Å². The van der Waals surface area contributed by atoms with Crippen molar-refractivity contribution in [3.63, 3.8) is 0 Å². The molecule has 1 heterocycles. The zero-order chi connectivity index (χ0) is 24.8. The number of hydrogen-bond donors (Lipinski definition) is 0. The Balaban J connectivity index is 1.39. The van der Waals surface area contributed by atoms with Crippen molar-refractivity contribution < 1.29 is 4.42 Å². The molecule has 2 aliphatic rings. The molecule has 0 radical (unpaired) electrons. The Morgan fingerprint density at radius 3 is 2.22 bits per heavy atom. The number of para-hydroxylation sites is 2. The number of allylic oxidation sites excluding steroid dienone is 7. The minimum atomic E-state index is 0.878. The Labute approximate surface area is 224 Å². The van der Waals surface area contributed by atoms with E-state index < -0.39 is 0 Å². The minimum absolute atomic E-state index is 0.878. The number of benzene rings is 4. The lowest BCUT2D eigenvalue weighted by atomic mass is 10.0. The Bertz CT molecular complexity index is 1770. The maximum absolute atomic E-state index is 6.54. The Morgan fingerprint density at radius 1 is 0.676 bits per heavy atom. The summed E-state index contributed by atoms with van der Waals surface area (Å²) >= 11 is 3.68. The van der Waals surface area contributed by atoms with Gasteiger partial charge >= 0.3 is 0 Å². The second-order valence-electron chi connectivity index (χ2n) is 9.45. The van der Waals surface area contributed by atoms with Gasteiger partial charge in [0, 0.05) is 22.2 Å². The normalized spacial score (nSPS) is 14.8. The standard InChI is InChI=1S/C34H24BrNO/c35-31-14-6-12-29-30-13-7-15-32(34(30)37-33(29)31)36(28-21-18-26(22-28)24-10-4-5-11-24)27-19-16-25(17-20-27)23-8-2-1-3-9-23/h1-10,12-17,19-22H,11,18H2. The van der Waals surface area contributed by atoms with Crippen molar-refractivity contribution in [1.29, 1.82) is 0 Å². The van der Waals surface area contributed by atoms with Gasteiger partial charge in [0.1, 0.15) is 5.58 Å². The van der Waals surface area contributed by atoms with Crippen molar-refractivity contribution in [3.05, 3.63) is 143 Å². The molecule has 4 aromatic carbocycles. The van der Waals surface area contributed by atoms with Gasteiger partial charge in [-0.15, -0.1) is 0 Å². The third-order valence-corrected chi connectivity index (χ3v) is 7.85. The van der Waals surface area contributed by atoms with Gasteiger partial charge in [-0.25, -0.2) is 0 Å². The van der Waals surface area contributed by atoms with Crippen LogP contribution >= 0.6 is 15.9 Å². The fourth-order valence-corrected chi connectivity index (χ4v) is 5.83. The van der Waals surface area contributed by atoms with E-state index in [1.54, 1.807) is 0 Å². The molecule has 0 atom stereocenters. The summed E-state index contributed by atoms with van der Waals surface area (Å²) in [5.41, 5.74) is 10.3. The molecule has 3 heteroatoms. The Morgan fingerprint density at radius 2 is 1.43 bits per heavy atom. The number of halogens is 1. The first-order valence-corrected chi connectivity index (χ1v) is 13.4. The highest BCUT2D eigenvalue weighted by Crippen LogP contribution is 2.43. The molecule has 2 nitrogen and oxygen atoms in total. The fourth-order valence-electron chi connectivity index (χ4n) is 5.38. The molecule has 0 N–H and O–H groups in total. The molecule has 0 unspecified atom stereocenters. The van der Waals surface area contributed by atoms with Crippen LogP contribution in [-0.4, -0.2) is 0 Å². The van der Waals surface area contributed by atoms with Gasteiger partial charge in [0.15, 0.2) is 5.58 Å².